The predicted octanol–water partition coefficient (Wildman–Crippen LogP) is 3.30. The van der Waals surface area contributed by atoms with Gasteiger partial charge in [-0.1, -0.05) is 25.4 Å². The van der Waals surface area contributed by atoms with Gasteiger partial charge in [0.05, 0.1) is 0 Å². The summed E-state index contributed by atoms with van der Waals surface area (Å²) in [5, 5.41) is 0.653. The average Bonchev–Trinajstić information content (AvgIpc) is 2.51. The van der Waals surface area contributed by atoms with Crippen LogP contribution in [0.2, 0.25) is 5.02 Å². The number of hydrogen-bond donors (Lipinski definition) is 0. The molecule has 1 aromatic rings. The zero-order valence-corrected chi connectivity index (χ0v) is 15.0. The predicted molar refractivity (Wildman–Crippen MR) is 91.6 cm³/mol. The highest BCUT2D eigenvalue weighted by Gasteiger charge is 2.35. The molecule has 1 amide bonds. The molecule has 1 aromatic carbocycles. The number of likely N-dealkylation sites (N-methyl/N-ethyl adjacent to an activating group) is 1. The van der Waals surface area contributed by atoms with Crippen molar-refractivity contribution in [2.24, 2.45) is 0 Å². The Kier molecular flexibility index (Phi) is 7.17. The molecule has 5 heteroatoms. The summed E-state index contributed by atoms with van der Waals surface area (Å²) >= 11 is 5.85. The first kappa shape index (κ1) is 18.8. The van der Waals surface area contributed by atoms with Crippen LogP contribution in [0.3, 0.4) is 0 Å². The lowest BCUT2D eigenvalue weighted by Crippen LogP contribution is -2.55. The summed E-state index contributed by atoms with van der Waals surface area (Å²) < 4.78 is 5.84. The van der Waals surface area contributed by atoms with Crippen LogP contribution in [-0.4, -0.2) is 54.5 Å². The number of piperazine rings is 1. The molecule has 2 rings (SSSR count). The third-order valence-electron chi connectivity index (χ3n) is 3.49. The molecule has 0 aliphatic carbocycles. The molecule has 1 aliphatic rings. The standard InChI is InChI=1S/C15H21ClN2O2.C2H6/c1-15(2,20-13-6-4-12(16)5-7-13)14(19)18-10-8-17(3)9-11-18;1-2/h4-7H,8-11H2,1-3H3;1-2H3. The van der Waals surface area contributed by atoms with E-state index in [1.165, 1.54) is 0 Å². The van der Waals surface area contributed by atoms with E-state index in [-0.39, 0.29) is 5.91 Å². The number of carbonyl (C=O) groups is 1. The summed E-state index contributed by atoms with van der Waals surface area (Å²) in [5.74, 6) is 0.683. The number of ether oxygens (including phenoxy) is 1. The Hall–Kier alpha value is -1.26. The topological polar surface area (TPSA) is 32.8 Å². The van der Waals surface area contributed by atoms with Gasteiger partial charge in [0.25, 0.3) is 5.91 Å². The number of halogens is 1. The summed E-state index contributed by atoms with van der Waals surface area (Å²) in [4.78, 5) is 16.6. The normalized spacial score (nSPS) is 15.8. The third-order valence-corrected chi connectivity index (χ3v) is 3.74. The van der Waals surface area contributed by atoms with Gasteiger partial charge in [-0.15, -0.1) is 0 Å². The van der Waals surface area contributed by atoms with Crippen LogP contribution < -0.4 is 4.74 Å². The van der Waals surface area contributed by atoms with E-state index < -0.39 is 5.60 Å². The summed E-state index contributed by atoms with van der Waals surface area (Å²) in [7, 11) is 2.07. The number of hydrogen-bond acceptors (Lipinski definition) is 3. The van der Waals surface area contributed by atoms with Crippen LogP contribution in [0.4, 0.5) is 0 Å². The molecule has 22 heavy (non-hydrogen) atoms. The molecule has 4 nitrogen and oxygen atoms in total. The van der Waals surface area contributed by atoms with Crippen LogP contribution in [0.1, 0.15) is 27.7 Å². The van der Waals surface area contributed by atoms with Gasteiger partial charge < -0.3 is 14.5 Å². The molecular weight excluding hydrogens is 300 g/mol. The second-order valence-corrected chi connectivity index (χ2v) is 6.10. The Bertz CT molecular complexity index is 466. The number of amides is 1. The van der Waals surface area contributed by atoms with Gasteiger partial charge in [-0.3, -0.25) is 4.79 Å². The highest BCUT2D eigenvalue weighted by Crippen LogP contribution is 2.22. The van der Waals surface area contributed by atoms with Gasteiger partial charge in [-0.25, -0.2) is 0 Å². The maximum absolute atomic E-state index is 12.6. The van der Waals surface area contributed by atoms with Gasteiger partial charge in [0, 0.05) is 31.2 Å². The van der Waals surface area contributed by atoms with Crippen molar-refractivity contribution in [1.29, 1.82) is 0 Å². The van der Waals surface area contributed by atoms with E-state index in [4.69, 9.17) is 16.3 Å². The highest BCUT2D eigenvalue weighted by molar-refractivity contribution is 6.30. The van der Waals surface area contributed by atoms with Crippen LogP contribution in [-0.2, 0) is 4.79 Å². The SMILES string of the molecule is CC.CN1CCN(C(=O)C(C)(C)Oc2ccc(Cl)cc2)CC1. The third kappa shape index (κ3) is 5.18. The smallest absolute Gasteiger partial charge is 0.266 e. The first-order chi connectivity index (χ1) is 10.4. The molecule has 0 radical (unpaired) electrons. The Morgan fingerprint density at radius 1 is 1.09 bits per heavy atom. The summed E-state index contributed by atoms with van der Waals surface area (Å²) in [6.45, 7) is 10.9. The average molecular weight is 327 g/mol. The van der Waals surface area contributed by atoms with Crippen LogP contribution >= 0.6 is 11.6 Å². The second kappa shape index (κ2) is 8.39. The fraction of sp³-hybridized carbons (Fsp3) is 0.588. The largest absolute Gasteiger partial charge is 0.478 e. The van der Waals surface area contributed by atoms with Crippen LogP contribution in [0.15, 0.2) is 24.3 Å². The highest BCUT2D eigenvalue weighted by atomic mass is 35.5. The number of benzene rings is 1. The van der Waals surface area contributed by atoms with E-state index in [0.29, 0.717) is 10.8 Å². The molecule has 1 heterocycles. The molecule has 0 saturated carbocycles. The zero-order chi connectivity index (χ0) is 16.8. The van der Waals surface area contributed by atoms with Crippen molar-refractivity contribution >= 4 is 17.5 Å². The molecule has 0 spiro atoms. The zero-order valence-electron chi connectivity index (χ0n) is 14.2. The molecule has 1 aliphatic heterocycles. The van der Waals surface area contributed by atoms with E-state index in [1.807, 2.05) is 32.6 Å². The molecular formula is C17H27ClN2O2. The van der Waals surface area contributed by atoms with Crippen molar-refractivity contribution in [2.75, 3.05) is 33.2 Å². The van der Waals surface area contributed by atoms with Crippen molar-refractivity contribution in [3.05, 3.63) is 29.3 Å². The number of carbonyl (C=O) groups excluding carboxylic acids is 1. The van der Waals surface area contributed by atoms with E-state index >= 15 is 0 Å². The Morgan fingerprint density at radius 3 is 2.09 bits per heavy atom. The molecule has 124 valence electrons. The van der Waals surface area contributed by atoms with Crippen LogP contribution in [0.5, 0.6) is 5.75 Å². The van der Waals surface area contributed by atoms with Crippen molar-refractivity contribution in [2.45, 2.75) is 33.3 Å². The Morgan fingerprint density at radius 2 is 1.59 bits per heavy atom. The quantitative estimate of drug-likeness (QED) is 0.854. The Labute approximate surface area is 139 Å². The fourth-order valence-electron chi connectivity index (χ4n) is 2.23. The van der Waals surface area contributed by atoms with Gasteiger partial charge >= 0.3 is 0 Å². The maximum Gasteiger partial charge on any atom is 0.266 e. The molecule has 0 bridgehead atoms. The van der Waals surface area contributed by atoms with E-state index in [1.54, 1.807) is 24.3 Å². The van der Waals surface area contributed by atoms with Gasteiger partial charge in [0.2, 0.25) is 0 Å². The monoisotopic (exact) mass is 326 g/mol. The fourth-order valence-corrected chi connectivity index (χ4v) is 2.36. The minimum absolute atomic E-state index is 0.0283. The molecule has 0 aromatic heterocycles. The van der Waals surface area contributed by atoms with E-state index in [2.05, 4.69) is 11.9 Å². The van der Waals surface area contributed by atoms with Crippen molar-refractivity contribution in [1.82, 2.24) is 9.80 Å². The number of nitrogens with zero attached hydrogens (tertiary/aromatic N) is 2. The van der Waals surface area contributed by atoms with Crippen molar-refractivity contribution in [3.8, 4) is 5.75 Å². The van der Waals surface area contributed by atoms with Crippen LogP contribution in [0, 0.1) is 0 Å². The summed E-state index contributed by atoms with van der Waals surface area (Å²) in [6.07, 6.45) is 0. The van der Waals surface area contributed by atoms with Crippen molar-refractivity contribution < 1.29 is 9.53 Å². The van der Waals surface area contributed by atoms with Gasteiger partial charge in [0.15, 0.2) is 5.60 Å². The van der Waals surface area contributed by atoms with Crippen LogP contribution in [0.25, 0.3) is 0 Å². The lowest BCUT2D eigenvalue weighted by atomic mass is 10.1. The minimum atomic E-state index is -0.871. The number of rotatable bonds is 3. The van der Waals surface area contributed by atoms with Gasteiger partial charge in [-0.2, -0.15) is 0 Å². The molecule has 0 unspecified atom stereocenters. The summed E-state index contributed by atoms with van der Waals surface area (Å²) in [5.41, 5.74) is -0.871. The van der Waals surface area contributed by atoms with Gasteiger partial charge in [-0.05, 0) is 45.2 Å². The molecule has 0 atom stereocenters. The van der Waals surface area contributed by atoms with E-state index in [9.17, 15) is 4.79 Å². The second-order valence-electron chi connectivity index (χ2n) is 5.66. The summed E-state index contributed by atoms with van der Waals surface area (Å²) in [6, 6.07) is 7.07. The van der Waals surface area contributed by atoms with Crippen molar-refractivity contribution in [3.63, 3.8) is 0 Å². The molecule has 1 fully saturated rings. The lowest BCUT2D eigenvalue weighted by molar-refractivity contribution is -0.147. The lowest BCUT2D eigenvalue weighted by Gasteiger charge is -2.37. The minimum Gasteiger partial charge on any atom is -0.478 e. The Balaban J connectivity index is 0.00000116. The van der Waals surface area contributed by atoms with E-state index in [0.717, 1.165) is 26.2 Å². The first-order valence-corrected chi connectivity index (χ1v) is 8.19. The molecule has 0 N–H and O–H groups in total. The van der Waals surface area contributed by atoms with Gasteiger partial charge in [0.1, 0.15) is 5.75 Å². The maximum atomic E-state index is 12.6. The molecule has 1 saturated heterocycles. The first-order valence-electron chi connectivity index (χ1n) is 7.81.